The average molecular weight is 328 g/mol. The number of rotatable bonds is 4. The number of nitrogens with zero attached hydrogens (tertiary/aromatic N) is 3. The highest BCUT2D eigenvalue weighted by Crippen LogP contribution is 2.27. The molecule has 0 unspecified atom stereocenters. The average Bonchev–Trinajstić information content (AvgIpc) is 2.74. The van der Waals surface area contributed by atoms with Crippen molar-refractivity contribution in [3.63, 3.8) is 0 Å². The topological polar surface area (TPSA) is 59.8 Å². The summed E-state index contributed by atoms with van der Waals surface area (Å²) in [5, 5.41) is 7.51. The van der Waals surface area contributed by atoms with Crippen LogP contribution < -0.4 is 5.32 Å². The highest BCUT2D eigenvalue weighted by molar-refractivity contribution is 5.94. The van der Waals surface area contributed by atoms with Crippen LogP contribution in [-0.4, -0.2) is 26.2 Å². The molecular weight excluding hydrogens is 300 g/mol. The summed E-state index contributed by atoms with van der Waals surface area (Å²) in [6.45, 7) is 14.5. The minimum Gasteiger partial charge on any atom is -0.347 e. The van der Waals surface area contributed by atoms with E-state index in [2.05, 4.69) is 36.2 Å². The number of carbonyl (C=O) groups excluding carboxylic acids is 1. The SMILES string of the molecule is Cc1cc(C)n(-c2ccc(C(=O)NC(C)(C)CC(C)(C)C)cn2)n1. The molecular formula is C19H28N4O. The highest BCUT2D eigenvalue weighted by Gasteiger charge is 2.27. The molecule has 130 valence electrons. The molecule has 0 bridgehead atoms. The van der Waals surface area contributed by atoms with Crippen LogP contribution in [0.25, 0.3) is 5.82 Å². The first-order valence-corrected chi connectivity index (χ1v) is 8.29. The van der Waals surface area contributed by atoms with Crippen LogP contribution in [0.5, 0.6) is 0 Å². The van der Waals surface area contributed by atoms with E-state index in [1.165, 1.54) is 0 Å². The summed E-state index contributed by atoms with van der Waals surface area (Å²) in [6, 6.07) is 5.61. The molecule has 0 atom stereocenters. The van der Waals surface area contributed by atoms with Crippen molar-refractivity contribution < 1.29 is 4.79 Å². The Labute approximate surface area is 144 Å². The van der Waals surface area contributed by atoms with Gasteiger partial charge in [-0.25, -0.2) is 9.67 Å². The largest absolute Gasteiger partial charge is 0.347 e. The van der Waals surface area contributed by atoms with E-state index in [-0.39, 0.29) is 16.9 Å². The summed E-state index contributed by atoms with van der Waals surface area (Å²) < 4.78 is 1.78. The van der Waals surface area contributed by atoms with E-state index in [0.29, 0.717) is 11.4 Å². The predicted molar refractivity (Wildman–Crippen MR) is 96.5 cm³/mol. The summed E-state index contributed by atoms with van der Waals surface area (Å²) in [5.41, 5.74) is 2.39. The van der Waals surface area contributed by atoms with Crippen molar-refractivity contribution >= 4 is 5.91 Å². The molecule has 0 saturated carbocycles. The molecule has 2 rings (SSSR count). The Hall–Kier alpha value is -2.17. The second-order valence-electron chi connectivity index (χ2n) is 8.32. The van der Waals surface area contributed by atoms with Gasteiger partial charge in [0.05, 0.1) is 11.3 Å². The van der Waals surface area contributed by atoms with Gasteiger partial charge in [0.2, 0.25) is 0 Å². The Morgan fingerprint density at radius 1 is 1.17 bits per heavy atom. The van der Waals surface area contributed by atoms with Gasteiger partial charge in [-0.2, -0.15) is 5.10 Å². The van der Waals surface area contributed by atoms with E-state index in [9.17, 15) is 4.79 Å². The molecule has 2 aromatic rings. The van der Waals surface area contributed by atoms with Crippen molar-refractivity contribution in [2.24, 2.45) is 5.41 Å². The number of pyridine rings is 1. The van der Waals surface area contributed by atoms with Gasteiger partial charge < -0.3 is 5.32 Å². The second kappa shape index (κ2) is 6.38. The summed E-state index contributed by atoms with van der Waals surface area (Å²) in [7, 11) is 0. The number of hydrogen-bond donors (Lipinski definition) is 1. The van der Waals surface area contributed by atoms with Crippen LogP contribution in [0, 0.1) is 19.3 Å². The number of aromatic nitrogens is 3. The summed E-state index contributed by atoms with van der Waals surface area (Å²) in [4.78, 5) is 16.9. The molecule has 0 saturated heterocycles. The molecule has 0 spiro atoms. The molecule has 0 aliphatic heterocycles. The van der Waals surface area contributed by atoms with E-state index >= 15 is 0 Å². The van der Waals surface area contributed by atoms with Crippen molar-refractivity contribution in [1.29, 1.82) is 0 Å². The zero-order valence-corrected chi connectivity index (χ0v) is 15.8. The van der Waals surface area contributed by atoms with Crippen molar-refractivity contribution in [2.75, 3.05) is 0 Å². The Kier molecular flexibility index (Phi) is 4.83. The van der Waals surface area contributed by atoms with Gasteiger partial charge in [-0.3, -0.25) is 4.79 Å². The number of aryl methyl sites for hydroxylation is 2. The molecule has 5 heteroatoms. The zero-order valence-electron chi connectivity index (χ0n) is 15.8. The summed E-state index contributed by atoms with van der Waals surface area (Å²) >= 11 is 0. The predicted octanol–water partition coefficient (Wildman–Crippen LogP) is 3.83. The lowest BCUT2D eigenvalue weighted by molar-refractivity contribution is 0.0891. The molecule has 5 nitrogen and oxygen atoms in total. The van der Waals surface area contributed by atoms with Crippen LogP contribution in [0.1, 0.15) is 62.8 Å². The molecule has 0 aliphatic rings. The van der Waals surface area contributed by atoms with Gasteiger partial charge in [-0.15, -0.1) is 0 Å². The number of amides is 1. The lowest BCUT2D eigenvalue weighted by Gasteiger charge is -2.33. The van der Waals surface area contributed by atoms with Crippen molar-refractivity contribution in [3.8, 4) is 5.82 Å². The van der Waals surface area contributed by atoms with Gasteiger partial charge in [-0.05, 0) is 57.7 Å². The molecule has 1 N–H and O–H groups in total. The maximum Gasteiger partial charge on any atom is 0.253 e. The monoisotopic (exact) mass is 328 g/mol. The van der Waals surface area contributed by atoms with Gasteiger partial charge >= 0.3 is 0 Å². The van der Waals surface area contributed by atoms with Crippen LogP contribution >= 0.6 is 0 Å². The van der Waals surface area contributed by atoms with E-state index in [1.54, 1.807) is 16.9 Å². The fourth-order valence-electron chi connectivity index (χ4n) is 3.26. The highest BCUT2D eigenvalue weighted by atomic mass is 16.1. The maximum absolute atomic E-state index is 12.5. The molecule has 0 fully saturated rings. The van der Waals surface area contributed by atoms with Crippen LogP contribution in [0.2, 0.25) is 0 Å². The standard InChI is InChI=1S/C19H28N4O/c1-13-10-14(2)23(22-13)16-9-8-15(11-20-16)17(24)21-19(6,7)12-18(3,4)5/h8-11H,12H2,1-7H3,(H,21,24). The Bertz CT molecular complexity index is 721. The molecule has 1 amide bonds. The van der Waals surface area contributed by atoms with Crippen molar-refractivity contribution in [3.05, 3.63) is 41.3 Å². The van der Waals surface area contributed by atoms with Gasteiger partial charge in [0.15, 0.2) is 5.82 Å². The van der Waals surface area contributed by atoms with Crippen LogP contribution in [0.3, 0.4) is 0 Å². The van der Waals surface area contributed by atoms with E-state index < -0.39 is 0 Å². The van der Waals surface area contributed by atoms with Gasteiger partial charge in [0.1, 0.15) is 0 Å². The maximum atomic E-state index is 12.5. The van der Waals surface area contributed by atoms with Gasteiger partial charge in [0.25, 0.3) is 5.91 Å². The Morgan fingerprint density at radius 2 is 1.83 bits per heavy atom. The smallest absolute Gasteiger partial charge is 0.253 e. The number of nitrogens with one attached hydrogen (secondary N) is 1. The lowest BCUT2D eigenvalue weighted by Crippen LogP contribution is -2.45. The summed E-state index contributed by atoms with van der Waals surface area (Å²) in [5.74, 6) is 0.614. The first kappa shape index (κ1) is 18.2. The minimum absolute atomic E-state index is 0.100. The zero-order chi connectivity index (χ0) is 18.1. The molecule has 0 aliphatic carbocycles. The third kappa shape index (κ3) is 4.66. The minimum atomic E-state index is -0.274. The van der Waals surface area contributed by atoms with Crippen LogP contribution in [0.15, 0.2) is 24.4 Å². The molecule has 24 heavy (non-hydrogen) atoms. The fraction of sp³-hybridized carbons (Fsp3) is 0.526. The molecule has 2 heterocycles. The third-order valence-electron chi connectivity index (χ3n) is 3.66. The molecule has 0 aromatic carbocycles. The first-order chi connectivity index (χ1) is 11.0. The normalized spacial score (nSPS) is 12.3. The first-order valence-electron chi connectivity index (χ1n) is 8.29. The van der Waals surface area contributed by atoms with Crippen LogP contribution in [-0.2, 0) is 0 Å². The molecule has 2 aromatic heterocycles. The number of carbonyl (C=O) groups is 1. The summed E-state index contributed by atoms with van der Waals surface area (Å²) in [6.07, 6.45) is 2.50. The Morgan fingerprint density at radius 3 is 2.29 bits per heavy atom. The fourth-order valence-corrected chi connectivity index (χ4v) is 3.26. The van der Waals surface area contributed by atoms with E-state index in [0.717, 1.165) is 17.8 Å². The van der Waals surface area contributed by atoms with Crippen molar-refractivity contribution in [1.82, 2.24) is 20.1 Å². The van der Waals surface area contributed by atoms with Crippen LogP contribution in [0.4, 0.5) is 0 Å². The second-order valence-corrected chi connectivity index (χ2v) is 8.32. The third-order valence-corrected chi connectivity index (χ3v) is 3.66. The van der Waals surface area contributed by atoms with Gasteiger partial charge in [-0.1, -0.05) is 20.8 Å². The number of hydrogen-bond acceptors (Lipinski definition) is 3. The Balaban J connectivity index is 2.13. The molecule has 0 radical (unpaired) electrons. The quantitative estimate of drug-likeness (QED) is 0.928. The van der Waals surface area contributed by atoms with E-state index in [1.807, 2.05) is 39.8 Å². The van der Waals surface area contributed by atoms with E-state index in [4.69, 9.17) is 0 Å². The van der Waals surface area contributed by atoms with Crippen molar-refractivity contribution in [2.45, 2.75) is 60.4 Å². The van der Waals surface area contributed by atoms with Gasteiger partial charge in [0, 0.05) is 17.4 Å². The lowest BCUT2D eigenvalue weighted by atomic mass is 9.81.